The van der Waals surface area contributed by atoms with Gasteiger partial charge in [0.15, 0.2) is 0 Å². The molecule has 2 nitrogen and oxygen atoms in total. The van der Waals surface area contributed by atoms with Crippen LogP contribution in [0.15, 0.2) is 0 Å². The van der Waals surface area contributed by atoms with Crippen LogP contribution in [-0.2, 0) is 4.79 Å². The molecule has 0 N–H and O–H groups in total. The van der Waals surface area contributed by atoms with E-state index in [0.29, 0.717) is 28.6 Å². The standard InChI is InChI=1S/C23H39NO/c1-15(24(4)5)19-8-9-20-18-7-6-16-14-17(25)10-12-22(16,2)21(18)11-13-23(19,20)3/h15-16,18-21H,6-14H2,1-5H3/t15-,16+,18+,19-,20+,21+,22-,23-/m1/s1. The SMILES string of the molecule is C[C@H]([C@H]1CC[C@H]2[C@@H]3CC[C@H]4CC(=O)CC[C@@]4(C)[C@H]3CC[C@]12C)N(C)C. The molecule has 142 valence electrons. The minimum atomic E-state index is 0.462. The van der Waals surface area contributed by atoms with Crippen LogP contribution >= 0.6 is 0 Å². The normalized spacial score (nSPS) is 51.0. The maximum Gasteiger partial charge on any atom is 0.133 e. The van der Waals surface area contributed by atoms with Crippen molar-refractivity contribution < 1.29 is 4.79 Å². The highest BCUT2D eigenvalue weighted by atomic mass is 16.1. The number of hydrogen-bond acceptors (Lipinski definition) is 2. The fourth-order valence-electron chi connectivity index (χ4n) is 8.24. The Balaban J connectivity index is 1.59. The van der Waals surface area contributed by atoms with Gasteiger partial charge in [-0.2, -0.15) is 0 Å². The summed E-state index contributed by atoms with van der Waals surface area (Å²) < 4.78 is 0. The quantitative estimate of drug-likeness (QED) is 0.688. The average molecular weight is 346 g/mol. The number of carbonyl (C=O) groups is 1. The molecule has 4 fully saturated rings. The number of Topliss-reactive ketones (excluding diaryl/α,β-unsaturated/α-hetero) is 1. The lowest BCUT2D eigenvalue weighted by Crippen LogP contribution is -2.54. The van der Waals surface area contributed by atoms with Crippen molar-refractivity contribution in [3.05, 3.63) is 0 Å². The van der Waals surface area contributed by atoms with Gasteiger partial charge < -0.3 is 4.90 Å². The van der Waals surface area contributed by atoms with Gasteiger partial charge >= 0.3 is 0 Å². The molecule has 2 heteroatoms. The highest BCUT2D eigenvalue weighted by Crippen LogP contribution is 2.67. The third-order valence-electron chi connectivity index (χ3n) is 9.95. The summed E-state index contributed by atoms with van der Waals surface area (Å²) in [7, 11) is 4.52. The Hall–Kier alpha value is -0.370. The van der Waals surface area contributed by atoms with Crippen molar-refractivity contribution in [1.29, 1.82) is 0 Å². The fourth-order valence-corrected chi connectivity index (χ4v) is 8.24. The lowest BCUT2D eigenvalue weighted by Gasteiger charge is -2.60. The van der Waals surface area contributed by atoms with E-state index < -0.39 is 0 Å². The second-order valence-electron chi connectivity index (χ2n) is 10.8. The lowest BCUT2D eigenvalue weighted by molar-refractivity contribution is -0.140. The molecule has 0 aromatic rings. The molecule has 0 aromatic heterocycles. The topological polar surface area (TPSA) is 20.3 Å². The van der Waals surface area contributed by atoms with Crippen molar-refractivity contribution in [3.8, 4) is 0 Å². The Morgan fingerprint density at radius 1 is 0.960 bits per heavy atom. The molecule has 0 heterocycles. The number of carbonyl (C=O) groups excluding carboxylic acids is 1. The average Bonchev–Trinajstić information content (AvgIpc) is 2.92. The Morgan fingerprint density at radius 2 is 1.68 bits per heavy atom. The summed E-state index contributed by atoms with van der Waals surface area (Å²) in [6.07, 6.45) is 11.4. The van der Waals surface area contributed by atoms with Gasteiger partial charge in [-0.1, -0.05) is 13.8 Å². The molecular weight excluding hydrogens is 306 g/mol. The van der Waals surface area contributed by atoms with Gasteiger partial charge in [0, 0.05) is 18.9 Å². The first-order valence-corrected chi connectivity index (χ1v) is 11.0. The predicted molar refractivity (Wildman–Crippen MR) is 103 cm³/mol. The van der Waals surface area contributed by atoms with E-state index >= 15 is 0 Å². The molecule has 4 saturated carbocycles. The maximum atomic E-state index is 12.0. The Bertz CT molecular complexity index is 542. The van der Waals surface area contributed by atoms with Gasteiger partial charge in [-0.05, 0) is 106 Å². The molecule has 0 spiro atoms. The van der Waals surface area contributed by atoms with Gasteiger partial charge in [0.25, 0.3) is 0 Å². The highest BCUT2D eigenvalue weighted by Gasteiger charge is 2.60. The molecule has 4 aliphatic rings. The maximum absolute atomic E-state index is 12.0. The number of fused-ring (bicyclic) bond motifs is 5. The van der Waals surface area contributed by atoms with E-state index in [4.69, 9.17) is 0 Å². The lowest BCUT2D eigenvalue weighted by atomic mass is 9.44. The zero-order valence-corrected chi connectivity index (χ0v) is 17.2. The Labute approximate surface area is 155 Å². The number of ketones is 1. The van der Waals surface area contributed by atoms with Crippen molar-refractivity contribution in [1.82, 2.24) is 4.90 Å². The number of nitrogens with zero attached hydrogens (tertiary/aromatic N) is 1. The molecule has 0 amide bonds. The van der Waals surface area contributed by atoms with E-state index in [9.17, 15) is 4.79 Å². The number of hydrogen-bond donors (Lipinski definition) is 0. The minimum Gasteiger partial charge on any atom is -0.306 e. The first-order chi connectivity index (χ1) is 11.8. The fraction of sp³-hybridized carbons (Fsp3) is 0.957. The molecule has 8 atom stereocenters. The zero-order valence-electron chi connectivity index (χ0n) is 17.2. The van der Waals surface area contributed by atoms with Crippen LogP contribution in [0.25, 0.3) is 0 Å². The molecule has 0 radical (unpaired) electrons. The zero-order chi connectivity index (χ0) is 18.0. The minimum absolute atomic E-state index is 0.462. The van der Waals surface area contributed by atoms with Crippen LogP contribution in [0, 0.1) is 40.4 Å². The smallest absolute Gasteiger partial charge is 0.133 e. The third kappa shape index (κ3) is 2.57. The first kappa shape index (κ1) is 18.0. The Morgan fingerprint density at radius 3 is 2.40 bits per heavy atom. The van der Waals surface area contributed by atoms with Crippen molar-refractivity contribution in [3.63, 3.8) is 0 Å². The van der Waals surface area contributed by atoms with Crippen LogP contribution in [0.2, 0.25) is 0 Å². The summed E-state index contributed by atoms with van der Waals surface area (Å²) in [6.45, 7) is 7.66. The summed E-state index contributed by atoms with van der Waals surface area (Å²) >= 11 is 0. The largest absolute Gasteiger partial charge is 0.306 e. The molecule has 0 aliphatic heterocycles. The van der Waals surface area contributed by atoms with Crippen molar-refractivity contribution in [2.75, 3.05) is 14.1 Å². The molecule has 0 unspecified atom stereocenters. The second-order valence-corrected chi connectivity index (χ2v) is 10.8. The summed E-state index contributed by atoms with van der Waals surface area (Å²) in [6, 6.07) is 0.700. The number of rotatable bonds is 2. The van der Waals surface area contributed by atoms with Gasteiger partial charge in [-0.15, -0.1) is 0 Å². The van der Waals surface area contributed by atoms with Crippen LogP contribution in [0.1, 0.15) is 78.6 Å². The van der Waals surface area contributed by atoms with Crippen molar-refractivity contribution in [2.45, 2.75) is 84.6 Å². The molecule has 25 heavy (non-hydrogen) atoms. The molecule has 0 saturated heterocycles. The van der Waals surface area contributed by atoms with E-state index in [-0.39, 0.29) is 0 Å². The van der Waals surface area contributed by atoms with Crippen LogP contribution in [-0.4, -0.2) is 30.8 Å². The highest BCUT2D eigenvalue weighted by molar-refractivity contribution is 5.79. The first-order valence-electron chi connectivity index (χ1n) is 11.0. The molecule has 4 rings (SSSR count). The van der Waals surface area contributed by atoms with E-state index in [0.717, 1.165) is 36.5 Å². The van der Waals surface area contributed by atoms with Gasteiger partial charge in [-0.3, -0.25) is 4.79 Å². The van der Waals surface area contributed by atoms with E-state index in [1.54, 1.807) is 0 Å². The monoisotopic (exact) mass is 345 g/mol. The van der Waals surface area contributed by atoms with Crippen LogP contribution in [0.5, 0.6) is 0 Å². The summed E-state index contributed by atoms with van der Waals surface area (Å²) in [4.78, 5) is 14.5. The summed E-state index contributed by atoms with van der Waals surface area (Å²) in [5.74, 6) is 4.87. The van der Waals surface area contributed by atoms with E-state index in [1.807, 2.05) is 0 Å². The van der Waals surface area contributed by atoms with Gasteiger partial charge in [0.2, 0.25) is 0 Å². The van der Waals surface area contributed by atoms with Crippen LogP contribution < -0.4 is 0 Å². The van der Waals surface area contributed by atoms with Gasteiger partial charge in [-0.25, -0.2) is 0 Å². The third-order valence-corrected chi connectivity index (χ3v) is 9.95. The summed E-state index contributed by atoms with van der Waals surface area (Å²) in [5.41, 5.74) is 1.02. The van der Waals surface area contributed by atoms with Gasteiger partial charge in [0.1, 0.15) is 5.78 Å². The van der Waals surface area contributed by atoms with Crippen molar-refractivity contribution >= 4 is 5.78 Å². The molecule has 0 bridgehead atoms. The second kappa shape index (κ2) is 6.08. The van der Waals surface area contributed by atoms with Gasteiger partial charge in [0.05, 0.1) is 0 Å². The van der Waals surface area contributed by atoms with E-state index in [1.165, 1.54) is 44.9 Å². The molecule has 0 aromatic carbocycles. The van der Waals surface area contributed by atoms with E-state index in [2.05, 4.69) is 39.8 Å². The molecule has 4 aliphatic carbocycles. The Kier molecular flexibility index (Phi) is 4.38. The molecular formula is C23H39NO. The van der Waals surface area contributed by atoms with Crippen LogP contribution in [0.4, 0.5) is 0 Å². The predicted octanol–water partition coefficient (Wildman–Crippen LogP) is 5.16. The van der Waals surface area contributed by atoms with Crippen LogP contribution in [0.3, 0.4) is 0 Å². The van der Waals surface area contributed by atoms with Crippen molar-refractivity contribution in [2.24, 2.45) is 40.4 Å². The summed E-state index contributed by atoms with van der Waals surface area (Å²) in [5, 5.41) is 0.